The van der Waals surface area contributed by atoms with E-state index in [-0.39, 0.29) is 6.04 Å². The number of nitriles is 1. The first kappa shape index (κ1) is 16.4. The lowest BCUT2D eigenvalue weighted by Crippen LogP contribution is -2.47. The van der Waals surface area contributed by atoms with E-state index in [0.717, 1.165) is 50.7 Å². The second-order valence-electron chi connectivity index (χ2n) is 6.01. The Labute approximate surface area is 141 Å². The van der Waals surface area contributed by atoms with Crippen LogP contribution in [0.4, 0.5) is 5.82 Å². The average Bonchev–Trinajstić information content (AvgIpc) is 3.10. The number of nitrogens with zero attached hydrogens (tertiary/aromatic N) is 6. The van der Waals surface area contributed by atoms with Gasteiger partial charge >= 0.3 is 0 Å². The largest absolute Gasteiger partial charge is 0.354 e. The van der Waals surface area contributed by atoms with E-state index in [9.17, 15) is 0 Å². The highest BCUT2D eigenvalue weighted by Crippen LogP contribution is 2.22. The highest BCUT2D eigenvalue weighted by molar-refractivity contribution is 5.42. The van der Waals surface area contributed by atoms with Crippen molar-refractivity contribution in [1.82, 2.24) is 20.0 Å². The topological polar surface area (TPSA) is 82.1 Å². The predicted octanol–water partition coefficient (Wildman–Crippen LogP) is 2.17. The van der Waals surface area contributed by atoms with Crippen molar-refractivity contribution in [3.63, 3.8) is 0 Å². The zero-order chi connectivity index (χ0) is 16.9. The summed E-state index contributed by atoms with van der Waals surface area (Å²) >= 11 is 0. The summed E-state index contributed by atoms with van der Waals surface area (Å²) < 4.78 is 5.41. The van der Waals surface area contributed by atoms with Gasteiger partial charge in [0.25, 0.3) is 0 Å². The molecule has 0 saturated carbocycles. The van der Waals surface area contributed by atoms with Gasteiger partial charge in [0.15, 0.2) is 5.82 Å². The molecule has 1 fully saturated rings. The van der Waals surface area contributed by atoms with Crippen LogP contribution < -0.4 is 4.90 Å². The van der Waals surface area contributed by atoms with Crippen LogP contribution in [0, 0.1) is 11.3 Å². The Balaban J connectivity index is 1.58. The van der Waals surface area contributed by atoms with Crippen molar-refractivity contribution in [2.45, 2.75) is 32.7 Å². The van der Waals surface area contributed by atoms with Gasteiger partial charge in [-0.1, -0.05) is 12.1 Å². The summed E-state index contributed by atoms with van der Waals surface area (Å²) in [6, 6.07) is 5.94. The number of hydrogen-bond donors (Lipinski definition) is 0. The SMILES string of the molecule is CCCc1noc(C(C)N2CCN(c3ccc(C#N)cn3)CC2)n1. The highest BCUT2D eigenvalue weighted by atomic mass is 16.5. The van der Waals surface area contributed by atoms with Gasteiger partial charge in [0.2, 0.25) is 5.89 Å². The quantitative estimate of drug-likeness (QED) is 0.832. The second-order valence-corrected chi connectivity index (χ2v) is 6.01. The summed E-state index contributed by atoms with van der Waals surface area (Å²) in [5, 5.41) is 12.9. The van der Waals surface area contributed by atoms with Crippen molar-refractivity contribution in [2.75, 3.05) is 31.1 Å². The van der Waals surface area contributed by atoms with E-state index in [2.05, 4.69) is 44.8 Å². The van der Waals surface area contributed by atoms with Gasteiger partial charge in [0, 0.05) is 38.8 Å². The number of aromatic nitrogens is 3. The van der Waals surface area contributed by atoms with Crippen LogP contribution in [0.25, 0.3) is 0 Å². The molecule has 0 aliphatic carbocycles. The molecule has 0 bridgehead atoms. The Bertz CT molecular complexity index is 697. The summed E-state index contributed by atoms with van der Waals surface area (Å²) in [7, 11) is 0. The molecule has 0 radical (unpaired) electrons. The molecular formula is C17H22N6O. The Morgan fingerprint density at radius 2 is 2.08 bits per heavy atom. The molecule has 0 aromatic carbocycles. The third-order valence-electron chi connectivity index (χ3n) is 4.38. The van der Waals surface area contributed by atoms with Gasteiger partial charge in [-0.05, 0) is 25.5 Å². The molecule has 0 amide bonds. The van der Waals surface area contributed by atoms with Crippen LogP contribution in [0.5, 0.6) is 0 Å². The molecule has 3 rings (SSSR count). The Hall–Kier alpha value is -2.46. The van der Waals surface area contributed by atoms with E-state index in [0.29, 0.717) is 11.5 Å². The van der Waals surface area contributed by atoms with Crippen LogP contribution in [0.15, 0.2) is 22.9 Å². The van der Waals surface area contributed by atoms with E-state index in [1.165, 1.54) is 0 Å². The lowest BCUT2D eigenvalue weighted by atomic mass is 10.2. The highest BCUT2D eigenvalue weighted by Gasteiger charge is 2.26. The first-order valence-corrected chi connectivity index (χ1v) is 8.39. The van der Waals surface area contributed by atoms with Gasteiger partial charge in [-0.3, -0.25) is 4.90 Å². The van der Waals surface area contributed by atoms with Crippen LogP contribution >= 0.6 is 0 Å². The fraction of sp³-hybridized carbons (Fsp3) is 0.529. The summed E-state index contributed by atoms with van der Waals surface area (Å²) in [6.07, 6.45) is 3.50. The molecule has 1 unspecified atom stereocenters. The van der Waals surface area contributed by atoms with Gasteiger partial charge in [0.05, 0.1) is 11.6 Å². The van der Waals surface area contributed by atoms with E-state index >= 15 is 0 Å². The number of anilines is 1. The standard InChI is InChI=1S/C17H22N6O/c1-3-4-15-20-17(24-21-15)13(2)22-7-9-23(10-8-22)16-6-5-14(11-18)12-19-16/h5-6,12-13H,3-4,7-10H2,1-2H3. The fourth-order valence-electron chi connectivity index (χ4n) is 2.90. The summed E-state index contributed by atoms with van der Waals surface area (Å²) in [5.41, 5.74) is 0.588. The fourth-order valence-corrected chi connectivity index (χ4v) is 2.90. The molecule has 2 aromatic heterocycles. The number of rotatable bonds is 5. The number of aryl methyl sites for hydroxylation is 1. The Kier molecular flexibility index (Phi) is 5.06. The third kappa shape index (κ3) is 3.54. The normalized spacial score (nSPS) is 16.8. The van der Waals surface area contributed by atoms with Gasteiger partial charge in [0.1, 0.15) is 11.9 Å². The lowest BCUT2D eigenvalue weighted by Gasteiger charge is -2.37. The minimum atomic E-state index is 0.124. The smallest absolute Gasteiger partial charge is 0.243 e. The van der Waals surface area contributed by atoms with Crippen LogP contribution in [-0.2, 0) is 6.42 Å². The van der Waals surface area contributed by atoms with E-state index in [4.69, 9.17) is 9.78 Å². The maximum atomic E-state index is 8.85. The molecule has 2 aromatic rings. The zero-order valence-corrected chi connectivity index (χ0v) is 14.1. The molecule has 3 heterocycles. The maximum Gasteiger partial charge on any atom is 0.243 e. The molecule has 0 spiro atoms. The van der Waals surface area contributed by atoms with Crippen molar-refractivity contribution >= 4 is 5.82 Å². The summed E-state index contributed by atoms with van der Waals surface area (Å²) in [6.45, 7) is 7.82. The molecule has 1 aliphatic heterocycles. The molecule has 0 N–H and O–H groups in total. The van der Waals surface area contributed by atoms with Gasteiger partial charge < -0.3 is 9.42 Å². The molecule has 1 saturated heterocycles. The van der Waals surface area contributed by atoms with Gasteiger partial charge in [-0.2, -0.15) is 10.2 Å². The molecule has 7 heteroatoms. The van der Waals surface area contributed by atoms with Crippen LogP contribution in [-0.4, -0.2) is 46.2 Å². The second kappa shape index (κ2) is 7.41. The number of piperazine rings is 1. The maximum absolute atomic E-state index is 8.85. The first-order valence-electron chi connectivity index (χ1n) is 8.39. The van der Waals surface area contributed by atoms with Gasteiger partial charge in [-0.25, -0.2) is 4.98 Å². The minimum Gasteiger partial charge on any atom is -0.354 e. The van der Waals surface area contributed by atoms with Crippen molar-refractivity contribution in [3.8, 4) is 6.07 Å². The molecule has 126 valence electrons. The molecule has 1 aliphatic rings. The Morgan fingerprint density at radius 1 is 1.29 bits per heavy atom. The minimum absolute atomic E-state index is 0.124. The van der Waals surface area contributed by atoms with E-state index in [1.54, 1.807) is 6.20 Å². The first-order chi connectivity index (χ1) is 11.7. The van der Waals surface area contributed by atoms with Crippen molar-refractivity contribution in [1.29, 1.82) is 5.26 Å². The van der Waals surface area contributed by atoms with Crippen molar-refractivity contribution in [2.24, 2.45) is 0 Å². The number of pyridine rings is 1. The van der Waals surface area contributed by atoms with E-state index in [1.807, 2.05) is 12.1 Å². The van der Waals surface area contributed by atoms with Crippen molar-refractivity contribution in [3.05, 3.63) is 35.6 Å². The van der Waals surface area contributed by atoms with Crippen LogP contribution in [0.1, 0.15) is 43.6 Å². The van der Waals surface area contributed by atoms with Gasteiger partial charge in [-0.15, -0.1) is 0 Å². The average molecular weight is 326 g/mol. The van der Waals surface area contributed by atoms with Crippen LogP contribution in [0.2, 0.25) is 0 Å². The van der Waals surface area contributed by atoms with Crippen LogP contribution in [0.3, 0.4) is 0 Å². The lowest BCUT2D eigenvalue weighted by molar-refractivity contribution is 0.164. The molecule has 24 heavy (non-hydrogen) atoms. The monoisotopic (exact) mass is 326 g/mol. The predicted molar refractivity (Wildman–Crippen MR) is 89.4 cm³/mol. The molecular weight excluding hydrogens is 304 g/mol. The molecule has 7 nitrogen and oxygen atoms in total. The summed E-state index contributed by atoms with van der Waals surface area (Å²) in [5.74, 6) is 2.41. The van der Waals surface area contributed by atoms with Crippen molar-refractivity contribution < 1.29 is 4.52 Å². The number of hydrogen-bond acceptors (Lipinski definition) is 7. The third-order valence-corrected chi connectivity index (χ3v) is 4.38. The molecule has 1 atom stereocenters. The van der Waals surface area contributed by atoms with E-state index < -0.39 is 0 Å². The summed E-state index contributed by atoms with van der Waals surface area (Å²) in [4.78, 5) is 13.5. The zero-order valence-electron chi connectivity index (χ0n) is 14.1. The Morgan fingerprint density at radius 3 is 2.71 bits per heavy atom.